The van der Waals surface area contributed by atoms with Crippen LogP contribution in [0.25, 0.3) is 0 Å². The molecule has 114 valence electrons. The van der Waals surface area contributed by atoms with E-state index in [1.807, 2.05) is 0 Å². The first-order valence-electron chi connectivity index (χ1n) is 7.09. The summed E-state index contributed by atoms with van der Waals surface area (Å²) in [6.07, 6.45) is 0.922. The number of aromatic nitrogens is 2. The molecule has 0 unspecified atom stereocenters. The van der Waals surface area contributed by atoms with Gasteiger partial charge in [0.25, 0.3) is 0 Å². The Hall–Kier alpha value is -1.92. The van der Waals surface area contributed by atoms with Crippen molar-refractivity contribution in [1.29, 1.82) is 0 Å². The third-order valence-electron chi connectivity index (χ3n) is 3.00. The van der Waals surface area contributed by atoms with E-state index in [0.29, 0.717) is 25.1 Å². The molecule has 2 rings (SSSR count). The second-order valence-corrected chi connectivity index (χ2v) is 4.84. The maximum atomic E-state index is 5.49. The van der Waals surface area contributed by atoms with Gasteiger partial charge in [-0.05, 0) is 18.9 Å². The first kappa shape index (κ1) is 15.5. The number of benzene rings is 1. The van der Waals surface area contributed by atoms with E-state index in [-0.39, 0.29) is 0 Å². The van der Waals surface area contributed by atoms with E-state index in [4.69, 9.17) is 9.15 Å². The second kappa shape index (κ2) is 8.39. The van der Waals surface area contributed by atoms with Crippen LogP contribution in [-0.2, 0) is 17.7 Å². The minimum atomic E-state index is 0.464. The Morgan fingerprint density at radius 2 is 2.14 bits per heavy atom. The number of rotatable bonds is 9. The summed E-state index contributed by atoms with van der Waals surface area (Å²) in [6.45, 7) is 4.83. The normalized spacial score (nSPS) is 10.8. The fourth-order valence-corrected chi connectivity index (χ4v) is 1.95. The molecule has 1 aromatic carbocycles. The Morgan fingerprint density at radius 3 is 2.95 bits per heavy atom. The first-order chi connectivity index (χ1) is 10.3. The summed E-state index contributed by atoms with van der Waals surface area (Å²) in [4.78, 5) is 0. The maximum Gasteiger partial charge on any atom is 0.315 e. The van der Waals surface area contributed by atoms with Gasteiger partial charge in [-0.2, -0.15) is 0 Å². The summed E-state index contributed by atoms with van der Waals surface area (Å²) in [5.41, 5.74) is 2.57. The average Bonchev–Trinajstić information content (AvgIpc) is 2.92. The molecule has 1 aromatic heterocycles. The molecule has 0 radical (unpaired) electrons. The molecule has 21 heavy (non-hydrogen) atoms. The molecule has 0 aliphatic rings. The third-order valence-corrected chi connectivity index (χ3v) is 3.00. The zero-order chi connectivity index (χ0) is 14.9. The summed E-state index contributed by atoms with van der Waals surface area (Å²) in [6, 6.07) is 8.93. The number of methoxy groups -OCH3 is 1. The van der Waals surface area contributed by atoms with Crippen molar-refractivity contribution >= 4 is 6.01 Å². The van der Waals surface area contributed by atoms with Gasteiger partial charge in [-0.25, -0.2) is 0 Å². The molecule has 0 aliphatic carbocycles. The standard InChI is InChI=1S/C15H22N4O2/c1-12-4-3-5-13(10-12)6-7-17-15-19-18-14(21-15)11-16-8-9-20-2/h3-5,10,16H,6-9,11H2,1-2H3,(H,17,19). The summed E-state index contributed by atoms with van der Waals surface area (Å²) in [5, 5.41) is 14.2. The molecule has 0 spiro atoms. The quantitative estimate of drug-likeness (QED) is 0.686. The highest BCUT2D eigenvalue weighted by Crippen LogP contribution is 2.07. The van der Waals surface area contributed by atoms with E-state index in [1.54, 1.807) is 7.11 Å². The molecule has 0 bridgehead atoms. The Bertz CT molecular complexity index is 542. The summed E-state index contributed by atoms with van der Waals surface area (Å²) in [7, 11) is 1.67. The molecule has 0 saturated heterocycles. The summed E-state index contributed by atoms with van der Waals surface area (Å²) in [5.74, 6) is 0.573. The molecule has 6 heteroatoms. The number of hydrogen-bond acceptors (Lipinski definition) is 6. The van der Waals surface area contributed by atoms with Crippen LogP contribution in [0.3, 0.4) is 0 Å². The Labute approximate surface area is 124 Å². The number of aryl methyl sites for hydroxylation is 1. The van der Waals surface area contributed by atoms with Crippen LogP contribution in [0.2, 0.25) is 0 Å². The Kier molecular flexibility index (Phi) is 6.18. The highest BCUT2D eigenvalue weighted by atomic mass is 16.5. The van der Waals surface area contributed by atoms with E-state index < -0.39 is 0 Å². The Balaban J connectivity index is 1.70. The highest BCUT2D eigenvalue weighted by molar-refractivity contribution is 5.24. The van der Waals surface area contributed by atoms with Crippen molar-refractivity contribution < 1.29 is 9.15 Å². The molecule has 0 saturated carbocycles. The average molecular weight is 290 g/mol. The van der Waals surface area contributed by atoms with Crippen LogP contribution in [0.15, 0.2) is 28.7 Å². The molecule has 2 aromatic rings. The van der Waals surface area contributed by atoms with Crippen molar-refractivity contribution in [3.05, 3.63) is 41.3 Å². The molecular formula is C15H22N4O2. The number of anilines is 1. The maximum absolute atomic E-state index is 5.49. The molecule has 2 N–H and O–H groups in total. The van der Waals surface area contributed by atoms with Gasteiger partial charge in [0.1, 0.15) is 0 Å². The van der Waals surface area contributed by atoms with E-state index >= 15 is 0 Å². The zero-order valence-corrected chi connectivity index (χ0v) is 12.6. The van der Waals surface area contributed by atoms with Crippen molar-refractivity contribution in [1.82, 2.24) is 15.5 Å². The highest BCUT2D eigenvalue weighted by Gasteiger charge is 2.04. The smallest absolute Gasteiger partial charge is 0.315 e. The number of nitrogens with zero attached hydrogens (tertiary/aromatic N) is 2. The minimum absolute atomic E-state index is 0.464. The fourth-order valence-electron chi connectivity index (χ4n) is 1.95. The minimum Gasteiger partial charge on any atom is -0.407 e. The van der Waals surface area contributed by atoms with Gasteiger partial charge in [0.05, 0.1) is 13.2 Å². The number of ether oxygens (including phenoxy) is 1. The van der Waals surface area contributed by atoms with E-state index in [1.165, 1.54) is 11.1 Å². The third kappa shape index (κ3) is 5.53. The van der Waals surface area contributed by atoms with Gasteiger partial charge < -0.3 is 19.8 Å². The van der Waals surface area contributed by atoms with Crippen LogP contribution in [0.4, 0.5) is 6.01 Å². The van der Waals surface area contributed by atoms with Crippen LogP contribution in [0.1, 0.15) is 17.0 Å². The van der Waals surface area contributed by atoms with Crippen molar-refractivity contribution in [3.63, 3.8) is 0 Å². The lowest BCUT2D eigenvalue weighted by Crippen LogP contribution is -2.18. The lowest BCUT2D eigenvalue weighted by molar-refractivity contribution is 0.198. The van der Waals surface area contributed by atoms with Gasteiger partial charge in [0, 0.05) is 20.2 Å². The van der Waals surface area contributed by atoms with Gasteiger partial charge in [-0.1, -0.05) is 34.9 Å². The molecule has 0 fully saturated rings. The van der Waals surface area contributed by atoms with Gasteiger partial charge in [-0.3, -0.25) is 0 Å². The fraction of sp³-hybridized carbons (Fsp3) is 0.467. The molecule has 6 nitrogen and oxygen atoms in total. The van der Waals surface area contributed by atoms with Gasteiger partial charge in [0.15, 0.2) is 0 Å². The first-order valence-corrected chi connectivity index (χ1v) is 7.09. The van der Waals surface area contributed by atoms with Gasteiger partial charge in [0.2, 0.25) is 5.89 Å². The van der Waals surface area contributed by atoms with E-state index in [0.717, 1.165) is 19.5 Å². The van der Waals surface area contributed by atoms with Crippen molar-refractivity contribution in [2.45, 2.75) is 19.9 Å². The SMILES string of the molecule is COCCNCc1nnc(NCCc2cccc(C)c2)o1. The number of hydrogen-bond donors (Lipinski definition) is 2. The lowest BCUT2D eigenvalue weighted by Gasteiger charge is -2.03. The van der Waals surface area contributed by atoms with Gasteiger partial charge in [-0.15, -0.1) is 5.10 Å². The molecular weight excluding hydrogens is 268 g/mol. The largest absolute Gasteiger partial charge is 0.407 e. The van der Waals surface area contributed by atoms with E-state index in [9.17, 15) is 0 Å². The van der Waals surface area contributed by atoms with Crippen LogP contribution < -0.4 is 10.6 Å². The van der Waals surface area contributed by atoms with Crippen molar-refractivity contribution in [3.8, 4) is 0 Å². The molecule has 0 atom stereocenters. The monoisotopic (exact) mass is 290 g/mol. The molecule has 0 aliphatic heterocycles. The predicted molar refractivity (Wildman–Crippen MR) is 81.3 cm³/mol. The van der Waals surface area contributed by atoms with Gasteiger partial charge >= 0.3 is 6.01 Å². The van der Waals surface area contributed by atoms with Crippen LogP contribution in [0.5, 0.6) is 0 Å². The topological polar surface area (TPSA) is 72.2 Å². The zero-order valence-electron chi connectivity index (χ0n) is 12.6. The van der Waals surface area contributed by atoms with Crippen molar-refractivity contribution in [2.24, 2.45) is 0 Å². The molecule has 1 heterocycles. The van der Waals surface area contributed by atoms with Crippen LogP contribution >= 0.6 is 0 Å². The van der Waals surface area contributed by atoms with Crippen molar-refractivity contribution in [2.75, 3.05) is 32.1 Å². The lowest BCUT2D eigenvalue weighted by atomic mass is 10.1. The predicted octanol–water partition coefficient (Wildman–Crippen LogP) is 1.77. The summed E-state index contributed by atoms with van der Waals surface area (Å²) < 4.78 is 10.4. The van der Waals surface area contributed by atoms with Crippen LogP contribution in [-0.4, -0.2) is 37.0 Å². The van der Waals surface area contributed by atoms with Crippen LogP contribution in [0, 0.1) is 6.92 Å². The van der Waals surface area contributed by atoms with E-state index in [2.05, 4.69) is 52.0 Å². The number of nitrogens with one attached hydrogen (secondary N) is 2. The summed E-state index contributed by atoms with van der Waals surface area (Å²) >= 11 is 0. The second-order valence-electron chi connectivity index (χ2n) is 4.84. The Morgan fingerprint density at radius 1 is 1.24 bits per heavy atom. The molecule has 0 amide bonds.